The molecule has 0 aromatic heterocycles. The highest BCUT2D eigenvalue weighted by molar-refractivity contribution is 6.04. The second-order valence-electron chi connectivity index (χ2n) is 5.37. The fraction of sp³-hybridized carbons (Fsp3) is 0.316. The monoisotopic (exact) mass is 314 g/mol. The topological polar surface area (TPSA) is 64.3 Å². The Bertz CT molecular complexity index is 617. The van der Waals surface area contributed by atoms with E-state index in [9.17, 15) is 4.79 Å². The lowest BCUT2D eigenvalue weighted by molar-refractivity contribution is 0.0192. The normalized spacial score (nSPS) is 10.5. The summed E-state index contributed by atoms with van der Waals surface area (Å²) in [7, 11) is 1.67. The summed E-state index contributed by atoms with van der Waals surface area (Å²) in [6, 6.07) is 14.4. The smallest absolute Gasteiger partial charge is 0.255 e. The van der Waals surface area contributed by atoms with E-state index in [0.717, 1.165) is 11.3 Å². The molecule has 4 nitrogen and oxygen atoms in total. The summed E-state index contributed by atoms with van der Waals surface area (Å²) in [6.07, 6.45) is 0. The number of methoxy groups -OCH3 is 1. The first kappa shape index (κ1) is 18.7. The van der Waals surface area contributed by atoms with Crippen LogP contribution in [0.2, 0.25) is 0 Å². The summed E-state index contributed by atoms with van der Waals surface area (Å²) in [6.45, 7) is 7.97. The van der Waals surface area contributed by atoms with Crippen LogP contribution in [0.1, 0.15) is 43.6 Å². The number of ether oxygens (including phenoxy) is 1. The first-order valence-corrected chi connectivity index (χ1v) is 7.75. The largest absolute Gasteiger partial charge is 0.399 e. The van der Waals surface area contributed by atoms with Crippen LogP contribution in [0.25, 0.3) is 0 Å². The second kappa shape index (κ2) is 8.34. The summed E-state index contributed by atoms with van der Waals surface area (Å²) in [4.78, 5) is 12.2. The van der Waals surface area contributed by atoms with E-state index in [0.29, 0.717) is 11.3 Å². The van der Waals surface area contributed by atoms with Crippen molar-refractivity contribution in [3.8, 4) is 0 Å². The molecule has 0 saturated heterocycles. The summed E-state index contributed by atoms with van der Waals surface area (Å²) in [5, 5.41) is 2.83. The maximum absolute atomic E-state index is 12.2. The van der Waals surface area contributed by atoms with Gasteiger partial charge in [0.1, 0.15) is 0 Å². The summed E-state index contributed by atoms with van der Waals surface area (Å²) in [5.41, 5.74) is 8.25. The lowest BCUT2D eigenvalue weighted by Crippen LogP contribution is -2.19. The van der Waals surface area contributed by atoms with Crippen molar-refractivity contribution in [2.75, 3.05) is 18.2 Å². The van der Waals surface area contributed by atoms with Crippen LogP contribution in [0.5, 0.6) is 0 Å². The van der Waals surface area contributed by atoms with Crippen molar-refractivity contribution in [2.24, 2.45) is 0 Å². The molecule has 0 atom stereocenters. The standard InChI is InChI=1S/C17H20N2O2.C2H6/c1-17(2,21-3)13-6-4-12(5-7-13)16(20)19-15-10-8-14(18)9-11-15;1-2/h4-11H,18H2,1-3H3,(H,19,20);1-2H3. The number of hydrogen-bond donors (Lipinski definition) is 2. The zero-order valence-corrected chi connectivity index (χ0v) is 14.5. The zero-order chi connectivity index (χ0) is 17.5. The molecule has 0 aliphatic rings. The van der Waals surface area contributed by atoms with Crippen LogP contribution in [0, 0.1) is 0 Å². The highest BCUT2D eigenvalue weighted by Gasteiger charge is 2.19. The molecule has 2 aromatic carbocycles. The number of amides is 1. The highest BCUT2D eigenvalue weighted by atomic mass is 16.5. The van der Waals surface area contributed by atoms with Gasteiger partial charge in [0, 0.05) is 24.0 Å². The summed E-state index contributed by atoms with van der Waals surface area (Å²) in [5.74, 6) is -0.151. The first-order valence-electron chi connectivity index (χ1n) is 7.75. The number of hydrogen-bond acceptors (Lipinski definition) is 3. The molecule has 0 bridgehead atoms. The van der Waals surface area contributed by atoms with E-state index < -0.39 is 0 Å². The predicted octanol–water partition coefficient (Wildman–Crippen LogP) is 4.43. The van der Waals surface area contributed by atoms with Crippen LogP contribution in [-0.2, 0) is 10.3 Å². The Morgan fingerprint density at radius 2 is 1.52 bits per heavy atom. The predicted molar refractivity (Wildman–Crippen MR) is 96.6 cm³/mol. The van der Waals surface area contributed by atoms with Gasteiger partial charge < -0.3 is 15.8 Å². The van der Waals surface area contributed by atoms with Crippen LogP contribution >= 0.6 is 0 Å². The van der Waals surface area contributed by atoms with Crippen molar-refractivity contribution in [2.45, 2.75) is 33.3 Å². The number of nitrogens with one attached hydrogen (secondary N) is 1. The molecule has 0 fully saturated rings. The Hall–Kier alpha value is -2.33. The van der Waals surface area contributed by atoms with E-state index >= 15 is 0 Å². The lowest BCUT2D eigenvalue weighted by Gasteiger charge is -2.23. The molecular formula is C19H26N2O2. The van der Waals surface area contributed by atoms with Gasteiger partial charge in [0.05, 0.1) is 5.60 Å². The fourth-order valence-corrected chi connectivity index (χ4v) is 1.91. The molecule has 3 N–H and O–H groups in total. The maximum Gasteiger partial charge on any atom is 0.255 e. The van der Waals surface area contributed by atoms with Gasteiger partial charge in [-0.3, -0.25) is 4.79 Å². The third-order valence-electron chi connectivity index (χ3n) is 3.52. The van der Waals surface area contributed by atoms with Gasteiger partial charge in [-0.25, -0.2) is 0 Å². The van der Waals surface area contributed by atoms with E-state index in [-0.39, 0.29) is 11.5 Å². The molecule has 0 aliphatic heterocycles. The molecule has 23 heavy (non-hydrogen) atoms. The molecular weight excluding hydrogens is 288 g/mol. The molecule has 0 aliphatic carbocycles. The zero-order valence-electron chi connectivity index (χ0n) is 14.5. The molecule has 0 unspecified atom stereocenters. The number of anilines is 2. The Balaban J connectivity index is 0.00000127. The SMILES string of the molecule is CC.COC(C)(C)c1ccc(C(=O)Nc2ccc(N)cc2)cc1. The lowest BCUT2D eigenvalue weighted by atomic mass is 9.97. The van der Waals surface area contributed by atoms with Crippen molar-refractivity contribution >= 4 is 17.3 Å². The molecule has 2 rings (SSSR count). The molecule has 124 valence electrons. The van der Waals surface area contributed by atoms with Gasteiger partial charge in [-0.1, -0.05) is 26.0 Å². The number of nitrogens with two attached hydrogens (primary N) is 1. The van der Waals surface area contributed by atoms with Gasteiger partial charge in [-0.15, -0.1) is 0 Å². The third-order valence-corrected chi connectivity index (χ3v) is 3.52. The van der Waals surface area contributed by atoms with E-state index in [1.54, 1.807) is 43.5 Å². The number of carbonyl (C=O) groups is 1. The van der Waals surface area contributed by atoms with Crippen molar-refractivity contribution in [1.29, 1.82) is 0 Å². The molecule has 0 heterocycles. The second-order valence-corrected chi connectivity index (χ2v) is 5.37. The van der Waals surface area contributed by atoms with Gasteiger partial charge in [0.15, 0.2) is 0 Å². The van der Waals surface area contributed by atoms with Gasteiger partial charge in [0.2, 0.25) is 0 Å². The molecule has 2 aromatic rings. The van der Waals surface area contributed by atoms with Crippen LogP contribution in [0.4, 0.5) is 11.4 Å². The van der Waals surface area contributed by atoms with E-state index in [1.165, 1.54) is 0 Å². The Morgan fingerprint density at radius 1 is 1.00 bits per heavy atom. The molecule has 0 spiro atoms. The average Bonchev–Trinajstić information content (AvgIpc) is 2.59. The van der Waals surface area contributed by atoms with Crippen molar-refractivity contribution < 1.29 is 9.53 Å². The number of nitrogen functional groups attached to an aromatic ring is 1. The fourth-order valence-electron chi connectivity index (χ4n) is 1.91. The third kappa shape index (κ3) is 5.11. The van der Waals surface area contributed by atoms with E-state index in [4.69, 9.17) is 10.5 Å². The van der Waals surface area contributed by atoms with Gasteiger partial charge in [-0.2, -0.15) is 0 Å². The molecule has 0 saturated carbocycles. The van der Waals surface area contributed by atoms with Crippen LogP contribution in [0.3, 0.4) is 0 Å². The first-order chi connectivity index (χ1) is 10.9. The van der Waals surface area contributed by atoms with E-state index in [2.05, 4.69) is 5.32 Å². The number of benzene rings is 2. The molecule has 0 radical (unpaired) electrons. The van der Waals surface area contributed by atoms with Gasteiger partial charge in [-0.05, 0) is 55.8 Å². The maximum atomic E-state index is 12.2. The number of rotatable bonds is 4. The van der Waals surface area contributed by atoms with Crippen molar-refractivity contribution in [3.63, 3.8) is 0 Å². The molecule has 1 amide bonds. The number of carbonyl (C=O) groups excluding carboxylic acids is 1. The summed E-state index contributed by atoms with van der Waals surface area (Å²) >= 11 is 0. The highest BCUT2D eigenvalue weighted by Crippen LogP contribution is 2.24. The minimum Gasteiger partial charge on any atom is -0.399 e. The quantitative estimate of drug-likeness (QED) is 0.821. The minimum absolute atomic E-state index is 0.151. The van der Waals surface area contributed by atoms with Crippen molar-refractivity contribution in [1.82, 2.24) is 0 Å². The van der Waals surface area contributed by atoms with Crippen LogP contribution in [-0.4, -0.2) is 13.0 Å². The van der Waals surface area contributed by atoms with Gasteiger partial charge in [0.25, 0.3) is 5.91 Å². The average molecular weight is 314 g/mol. The summed E-state index contributed by atoms with van der Waals surface area (Å²) < 4.78 is 5.42. The van der Waals surface area contributed by atoms with E-state index in [1.807, 2.05) is 39.8 Å². The van der Waals surface area contributed by atoms with Crippen LogP contribution < -0.4 is 11.1 Å². The Morgan fingerprint density at radius 3 is 2.00 bits per heavy atom. The van der Waals surface area contributed by atoms with Gasteiger partial charge >= 0.3 is 0 Å². The van der Waals surface area contributed by atoms with Crippen LogP contribution in [0.15, 0.2) is 48.5 Å². The van der Waals surface area contributed by atoms with Crippen molar-refractivity contribution in [3.05, 3.63) is 59.7 Å². The minimum atomic E-state index is -0.369. The Labute approximate surface area is 138 Å². The molecule has 4 heteroatoms. The Kier molecular flexibility index (Phi) is 6.79.